The Kier molecular flexibility index (Phi) is 2.78. The van der Waals surface area contributed by atoms with E-state index in [1.54, 1.807) is 7.11 Å². The lowest BCUT2D eigenvalue weighted by Gasteiger charge is -2.11. The zero-order valence-electron chi connectivity index (χ0n) is 9.53. The third kappa shape index (κ3) is 2.05. The van der Waals surface area contributed by atoms with Crippen molar-refractivity contribution in [1.29, 1.82) is 0 Å². The van der Waals surface area contributed by atoms with Gasteiger partial charge in [-0.1, -0.05) is 12.1 Å². The Bertz CT molecular complexity index is 459. The normalized spacial score (nSPS) is 13.3. The maximum Gasteiger partial charge on any atom is 0.0722 e. The Labute approximate surface area is 90.5 Å². The molecule has 1 aromatic heterocycles. The highest BCUT2D eigenvalue weighted by Gasteiger charge is 2.04. The summed E-state index contributed by atoms with van der Waals surface area (Å²) >= 11 is 0. The highest BCUT2D eigenvalue weighted by molar-refractivity contribution is 5.80. The SMILES string of the molecule is COC(C)Cn1ccc2ccc(C)cc21. The van der Waals surface area contributed by atoms with Gasteiger partial charge in [-0.05, 0) is 36.9 Å². The van der Waals surface area contributed by atoms with E-state index in [0.717, 1.165) is 6.54 Å². The van der Waals surface area contributed by atoms with Gasteiger partial charge in [0.25, 0.3) is 0 Å². The minimum atomic E-state index is 0.251. The first-order chi connectivity index (χ1) is 7.20. The van der Waals surface area contributed by atoms with E-state index >= 15 is 0 Å². The molecule has 0 fully saturated rings. The molecular weight excluding hydrogens is 186 g/mol. The molecule has 15 heavy (non-hydrogen) atoms. The summed E-state index contributed by atoms with van der Waals surface area (Å²) in [5.74, 6) is 0. The maximum absolute atomic E-state index is 5.28. The fraction of sp³-hybridized carbons (Fsp3) is 0.385. The molecule has 0 amide bonds. The number of rotatable bonds is 3. The van der Waals surface area contributed by atoms with Crippen molar-refractivity contribution in [1.82, 2.24) is 4.57 Å². The summed E-state index contributed by atoms with van der Waals surface area (Å²) in [6.45, 7) is 5.11. The highest BCUT2D eigenvalue weighted by Crippen LogP contribution is 2.17. The van der Waals surface area contributed by atoms with Crippen molar-refractivity contribution in [2.75, 3.05) is 7.11 Å². The average molecular weight is 203 g/mol. The summed E-state index contributed by atoms with van der Waals surface area (Å²) in [5, 5.41) is 1.30. The lowest BCUT2D eigenvalue weighted by atomic mass is 10.2. The van der Waals surface area contributed by atoms with Crippen molar-refractivity contribution in [2.24, 2.45) is 0 Å². The molecule has 0 aliphatic heterocycles. The highest BCUT2D eigenvalue weighted by atomic mass is 16.5. The van der Waals surface area contributed by atoms with E-state index in [1.807, 2.05) is 0 Å². The van der Waals surface area contributed by atoms with E-state index in [4.69, 9.17) is 4.74 Å². The summed E-state index contributed by atoms with van der Waals surface area (Å²) in [6.07, 6.45) is 2.38. The number of fused-ring (bicyclic) bond motifs is 1. The van der Waals surface area contributed by atoms with Crippen LogP contribution in [0.25, 0.3) is 10.9 Å². The molecule has 1 atom stereocenters. The van der Waals surface area contributed by atoms with Gasteiger partial charge in [0.1, 0.15) is 0 Å². The van der Waals surface area contributed by atoms with Crippen molar-refractivity contribution < 1.29 is 4.74 Å². The maximum atomic E-state index is 5.28. The van der Waals surface area contributed by atoms with Gasteiger partial charge in [0, 0.05) is 25.4 Å². The third-order valence-corrected chi connectivity index (χ3v) is 2.79. The van der Waals surface area contributed by atoms with Crippen LogP contribution in [0.1, 0.15) is 12.5 Å². The van der Waals surface area contributed by atoms with Crippen molar-refractivity contribution in [3.63, 3.8) is 0 Å². The second-order valence-electron chi connectivity index (χ2n) is 4.08. The predicted octanol–water partition coefficient (Wildman–Crippen LogP) is 2.98. The third-order valence-electron chi connectivity index (χ3n) is 2.79. The predicted molar refractivity (Wildman–Crippen MR) is 63.1 cm³/mol. The van der Waals surface area contributed by atoms with Crippen molar-refractivity contribution >= 4 is 10.9 Å². The van der Waals surface area contributed by atoms with Crippen molar-refractivity contribution in [2.45, 2.75) is 26.5 Å². The van der Waals surface area contributed by atoms with Gasteiger partial charge in [-0.15, -0.1) is 0 Å². The van der Waals surface area contributed by atoms with E-state index in [2.05, 4.69) is 48.9 Å². The van der Waals surface area contributed by atoms with Crippen LogP contribution in [0.15, 0.2) is 30.5 Å². The number of hydrogen-bond donors (Lipinski definition) is 0. The molecule has 0 bridgehead atoms. The molecule has 1 aromatic carbocycles. The van der Waals surface area contributed by atoms with E-state index in [1.165, 1.54) is 16.5 Å². The van der Waals surface area contributed by atoms with Crippen LogP contribution in [-0.2, 0) is 11.3 Å². The molecule has 80 valence electrons. The number of ether oxygens (including phenoxy) is 1. The first-order valence-corrected chi connectivity index (χ1v) is 5.29. The molecule has 1 unspecified atom stereocenters. The van der Waals surface area contributed by atoms with E-state index in [-0.39, 0.29) is 6.10 Å². The number of aryl methyl sites for hydroxylation is 1. The van der Waals surface area contributed by atoms with Gasteiger partial charge in [0.2, 0.25) is 0 Å². The minimum absolute atomic E-state index is 0.251. The van der Waals surface area contributed by atoms with E-state index < -0.39 is 0 Å². The molecule has 2 heteroatoms. The zero-order valence-corrected chi connectivity index (χ0v) is 9.53. The Morgan fingerprint density at radius 3 is 2.87 bits per heavy atom. The van der Waals surface area contributed by atoms with Gasteiger partial charge in [0.05, 0.1) is 6.10 Å². The van der Waals surface area contributed by atoms with Gasteiger partial charge in [-0.2, -0.15) is 0 Å². The standard InChI is InChI=1S/C13H17NO/c1-10-4-5-12-6-7-14(13(12)8-10)9-11(2)15-3/h4-8,11H,9H2,1-3H3. The quantitative estimate of drug-likeness (QED) is 0.748. The largest absolute Gasteiger partial charge is 0.380 e. The van der Waals surface area contributed by atoms with Crippen molar-refractivity contribution in [3.8, 4) is 0 Å². The fourth-order valence-electron chi connectivity index (χ4n) is 1.80. The lowest BCUT2D eigenvalue weighted by molar-refractivity contribution is 0.104. The first kappa shape index (κ1) is 10.2. The molecule has 0 aliphatic carbocycles. The molecular formula is C13H17NO. The van der Waals surface area contributed by atoms with Crippen LogP contribution in [0.2, 0.25) is 0 Å². The van der Waals surface area contributed by atoms with Crippen LogP contribution >= 0.6 is 0 Å². The molecule has 2 aromatic rings. The first-order valence-electron chi connectivity index (χ1n) is 5.29. The van der Waals surface area contributed by atoms with Crippen LogP contribution in [0.4, 0.5) is 0 Å². The Morgan fingerprint density at radius 2 is 2.13 bits per heavy atom. The molecule has 1 heterocycles. The molecule has 2 rings (SSSR count). The monoisotopic (exact) mass is 203 g/mol. The van der Waals surface area contributed by atoms with Crippen LogP contribution < -0.4 is 0 Å². The van der Waals surface area contributed by atoms with Gasteiger partial charge in [-0.3, -0.25) is 0 Å². The van der Waals surface area contributed by atoms with Gasteiger partial charge < -0.3 is 9.30 Å². The van der Waals surface area contributed by atoms with E-state index in [9.17, 15) is 0 Å². The van der Waals surface area contributed by atoms with Gasteiger partial charge in [0.15, 0.2) is 0 Å². The van der Waals surface area contributed by atoms with Crippen LogP contribution in [0.3, 0.4) is 0 Å². The molecule has 0 saturated carbocycles. The number of methoxy groups -OCH3 is 1. The Hall–Kier alpha value is -1.28. The van der Waals surface area contributed by atoms with Crippen LogP contribution in [0.5, 0.6) is 0 Å². The number of nitrogens with zero attached hydrogens (tertiary/aromatic N) is 1. The molecule has 0 N–H and O–H groups in total. The molecule has 0 aliphatic rings. The summed E-state index contributed by atoms with van der Waals surface area (Å²) in [6, 6.07) is 8.68. The summed E-state index contributed by atoms with van der Waals surface area (Å²) in [7, 11) is 1.75. The topological polar surface area (TPSA) is 14.2 Å². The average Bonchev–Trinajstić information content (AvgIpc) is 2.61. The molecule has 0 spiro atoms. The second-order valence-corrected chi connectivity index (χ2v) is 4.08. The lowest BCUT2D eigenvalue weighted by Crippen LogP contribution is -2.13. The van der Waals surface area contributed by atoms with Gasteiger partial charge >= 0.3 is 0 Å². The second kappa shape index (κ2) is 4.07. The summed E-state index contributed by atoms with van der Waals surface area (Å²) in [5.41, 5.74) is 2.59. The minimum Gasteiger partial charge on any atom is -0.380 e. The fourth-order valence-corrected chi connectivity index (χ4v) is 1.80. The van der Waals surface area contributed by atoms with Crippen LogP contribution in [0, 0.1) is 6.92 Å². The van der Waals surface area contributed by atoms with E-state index in [0.29, 0.717) is 0 Å². The van der Waals surface area contributed by atoms with Crippen LogP contribution in [-0.4, -0.2) is 17.8 Å². The summed E-state index contributed by atoms with van der Waals surface area (Å²) < 4.78 is 7.53. The molecule has 0 saturated heterocycles. The molecule has 0 radical (unpaired) electrons. The zero-order chi connectivity index (χ0) is 10.8. The van der Waals surface area contributed by atoms with Crippen molar-refractivity contribution in [3.05, 3.63) is 36.0 Å². The summed E-state index contributed by atoms with van der Waals surface area (Å²) in [4.78, 5) is 0. The molecule has 2 nitrogen and oxygen atoms in total. The smallest absolute Gasteiger partial charge is 0.0722 e. The Morgan fingerprint density at radius 1 is 1.33 bits per heavy atom. The van der Waals surface area contributed by atoms with Gasteiger partial charge in [-0.25, -0.2) is 0 Å². The number of benzene rings is 1. The number of hydrogen-bond acceptors (Lipinski definition) is 1. The number of aromatic nitrogens is 1. The Balaban J connectivity index is 2.39.